The van der Waals surface area contributed by atoms with Gasteiger partial charge in [-0.1, -0.05) is 0 Å². The van der Waals surface area contributed by atoms with Crippen LogP contribution in [0, 0.1) is 0 Å². The molecule has 0 spiro atoms. The number of benzene rings is 1. The third-order valence-electron chi connectivity index (χ3n) is 5.86. The number of ether oxygens (including phenoxy) is 1. The first-order chi connectivity index (χ1) is 14.7. The summed E-state index contributed by atoms with van der Waals surface area (Å²) in [6.45, 7) is 6.17. The zero-order valence-electron chi connectivity index (χ0n) is 17.3. The number of fused-ring (bicyclic) bond motifs is 1. The maximum atomic E-state index is 12.0. The first-order valence-corrected chi connectivity index (χ1v) is 10.8. The summed E-state index contributed by atoms with van der Waals surface area (Å²) in [5.74, 6) is 1.75. The van der Waals surface area contributed by atoms with Gasteiger partial charge in [-0.15, -0.1) is 0 Å². The van der Waals surface area contributed by atoms with E-state index in [0.29, 0.717) is 12.6 Å². The summed E-state index contributed by atoms with van der Waals surface area (Å²) in [7, 11) is 0. The Kier molecular flexibility index (Phi) is 5.26. The van der Waals surface area contributed by atoms with Gasteiger partial charge in [0.2, 0.25) is 0 Å². The molecule has 2 aliphatic heterocycles. The summed E-state index contributed by atoms with van der Waals surface area (Å²) in [6, 6.07) is 8.23. The minimum atomic E-state index is -0.147. The number of anilines is 2. The second kappa shape index (κ2) is 8.20. The molecule has 158 valence electrons. The molecule has 8 nitrogen and oxygen atoms in total. The molecule has 2 amide bonds. The Balaban J connectivity index is 1.42. The molecule has 0 radical (unpaired) electrons. The Morgan fingerprint density at radius 2 is 2.07 bits per heavy atom. The van der Waals surface area contributed by atoms with Crippen molar-refractivity contribution in [3.05, 3.63) is 35.5 Å². The predicted molar refractivity (Wildman–Crippen MR) is 116 cm³/mol. The van der Waals surface area contributed by atoms with Gasteiger partial charge >= 0.3 is 6.03 Å². The van der Waals surface area contributed by atoms with Crippen LogP contribution in [-0.2, 0) is 17.7 Å². The van der Waals surface area contributed by atoms with E-state index in [1.54, 1.807) is 0 Å². The SMILES string of the molecule is CC1COCCN1c1nc(-c2ccc(NC(=O)NC3CC3)cc2)nc2c1CNCC2. The molecule has 3 aliphatic rings. The summed E-state index contributed by atoms with van der Waals surface area (Å²) >= 11 is 0. The van der Waals surface area contributed by atoms with Gasteiger partial charge in [0.25, 0.3) is 0 Å². The Bertz CT molecular complexity index is 928. The highest BCUT2D eigenvalue weighted by molar-refractivity contribution is 5.89. The van der Waals surface area contributed by atoms with Gasteiger partial charge in [0.05, 0.1) is 24.9 Å². The zero-order chi connectivity index (χ0) is 20.5. The van der Waals surface area contributed by atoms with Crippen LogP contribution in [0.25, 0.3) is 11.4 Å². The van der Waals surface area contributed by atoms with Crippen molar-refractivity contribution in [2.24, 2.45) is 0 Å². The summed E-state index contributed by atoms with van der Waals surface area (Å²) in [5.41, 5.74) is 4.04. The van der Waals surface area contributed by atoms with E-state index < -0.39 is 0 Å². The highest BCUT2D eigenvalue weighted by atomic mass is 16.5. The van der Waals surface area contributed by atoms with E-state index in [0.717, 1.165) is 74.1 Å². The van der Waals surface area contributed by atoms with E-state index in [4.69, 9.17) is 14.7 Å². The lowest BCUT2D eigenvalue weighted by molar-refractivity contribution is 0.0984. The molecule has 1 saturated heterocycles. The summed E-state index contributed by atoms with van der Waals surface area (Å²) in [6.07, 6.45) is 3.04. The Labute approximate surface area is 176 Å². The molecule has 3 heterocycles. The van der Waals surface area contributed by atoms with Crippen molar-refractivity contribution in [2.75, 3.05) is 36.5 Å². The zero-order valence-corrected chi connectivity index (χ0v) is 17.3. The van der Waals surface area contributed by atoms with Gasteiger partial charge in [-0.25, -0.2) is 14.8 Å². The van der Waals surface area contributed by atoms with E-state index in [1.807, 2.05) is 24.3 Å². The van der Waals surface area contributed by atoms with Crippen LogP contribution in [-0.4, -0.2) is 54.4 Å². The lowest BCUT2D eigenvalue weighted by atomic mass is 10.1. The van der Waals surface area contributed by atoms with Gasteiger partial charge in [-0.2, -0.15) is 0 Å². The van der Waals surface area contributed by atoms with Crippen LogP contribution in [0.1, 0.15) is 31.0 Å². The molecule has 2 fully saturated rings. The molecule has 1 aromatic heterocycles. The Morgan fingerprint density at radius 1 is 1.23 bits per heavy atom. The van der Waals surface area contributed by atoms with Crippen LogP contribution in [0.2, 0.25) is 0 Å². The van der Waals surface area contributed by atoms with Crippen molar-refractivity contribution in [3.8, 4) is 11.4 Å². The maximum Gasteiger partial charge on any atom is 0.319 e. The fraction of sp³-hybridized carbons (Fsp3) is 0.500. The number of nitrogens with zero attached hydrogens (tertiary/aromatic N) is 3. The highest BCUT2D eigenvalue weighted by Crippen LogP contribution is 2.30. The average molecular weight is 409 g/mol. The smallest absolute Gasteiger partial charge is 0.319 e. The van der Waals surface area contributed by atoms with Crippen LogP contribution in [0.5, 0.6) is 0 Å². The quantitative estimate of drug-likeness (QED) is 0.719. The molecule has 3 N–H and O–H groups in total. The average Bonchev–Trinajstić information content (AvgIpc) is 3.58. The van der Waals surface area contributed by atoms with E-state index in [9.17, 15) is 4.79 Å². The minimum Gasteiger partial charge on any atom is -0.377 e. The number of carbonyl (C=O) groups is 1. The van der Waals surface area contributed by atoms with Gasteiger partial charge in [0, 0.05) is 48.9 Å². The van der Waals surface area contributed by atoms with Crippen LogP contribution in [0.15, 0.2) is 24.3 Å². The number of carbonyl (C=O) groups excluding carboxylic acids is 1. The van der Waals surface area contributed by atoms with Gasteiger partial charge in [-0.3, -0.25) is 0 Å². The summed E-state index contributed by atoms with van der Waals surface area (Å²) in [4.78, 5) is 24.2. The normalized spacial score (nSPS) is 21.1. The molecular formula is C22H28N6O2. The molecule has 1 saturated carbocycles. The van der Waals surface area contributed by atoms with E-state index in [1.165, 1.54) is 5.56 Å². The van der Waals surface area contributed by atoms with Crippen molar-refractivity contribution in [2.45, 2.75) is 44.8 Å². The number of aromatic nitrogens is 2. The second-order valence-electron chi connectivity index (χ2n) is 8.29. The third kappa shape index (κ3) is 4.11. The number of hydrogen-bond acceptors (Lipinski definition) is 6. The monoisotopic (exact) mass is 408 g/mol. The lowest BCUT2D eigenvalue weighted by Gasteiger charge is -2.36. The number of urea groups is 1. The minimum absolute atomic E-state index is 0.147. The Morgan fingerprint density at radius 3 is 2.83 bits per heavy atom. The van der Waals surface area contributed by atoms with Crippen LogP contribution >= 0.6 is 0 Å². The molecule has 1 aliphatic carbocycles. The fourth-order valence-electron chi connectivity index (χ4n) is 4.02. The van der Waals surface area contributed by atoms with E-state index in [-0.39, 0.29) is 12.1 Å². The first kappa shape index (κ1) is 19.3. The van der Waals surface area contributed by atoms with Gasteiger partial charge in [0.1, 0.15) is 5.82 Å². The summed E-state index contributed by atoms with van der Waals surface area (Å²) in [5, 5.41) is 9.28. The highest BCUT2D eigenvalue weighted by Gasteiger charge is 2.27. The summed E-state index contributed by atoms with van der Waals surface area (Å²) < 4.78 is 5.62. The molecule has 2 aromatic rings. The maximum absolute atomic E-state index is 12.0. The van der Waals surface area contributed by atoms with E-state index in [2.05, 4.69) is 27.8 Å². The molecule has 0 bridgehead atoms. The third-order valence-corrected chi connectivity index (χ3v) is 5.86. The molecule has 1 aromatic carbocycles. The number of nitrogens with one attached hydrogen (secondary N) is 3. The van der Waals surface area contributed by atoms with Gasteiger partial charge in [-0.05, 0) is 44.0 Å². The molecule has 1 atom stereocenters. The fourth-order valence-corrected chi connectivity index (χ4v) is 4.02. The van der Waals surface area contributed by atoms with E-state index >= 15 is 0 Å². The standard InChI is InChI=1S/C22H28N6O2/c1-14-13-30-11-10-28(14)21-18-12-23-9-8-19(18)26-20(27-21)15-2-4-16(5-3-15)24-22(29)25-17-6-7-17/h2-5,14,17,23H,6-13H2,1H3,(H2,24,25,29). The molecule has 1 unspecified atom stereocenters. The topological polar surface area (TPSA) is 91.4 Å². The van der Waals surface area contributed by atoms with Crippen molar-refractivity contribution >= 4 is 17.5 Å². The van der Waals surface area contributed by atoms with Gasteiger partial charge < -0.3 is 25.6 Å². The largest absolute Gasteiger partial charge is 0.377 e. The number of rotatable bonds is 4. The molecule has 5 rings (SSSR count). The van der Waals surface area contributed by atoms with Crippen molar-refractivity contribution < 1.29 is 9.53 Å². The van der Waals surface area contributed by atoms with Crippen molar-refractivity contribution in [1.29, 1.82) is 0 Å². The predicted octanol–water partition coefficient (Wildman–Crippen LogP) is 2.30. The second-order valence-corrected chi connectivity index (χ2v) is 8.29. The molecule has 30 heavy (non-hydrogen) atoms. The van der Waals surface area contributed by atoms with Crippen LogP contribution in [0.4, 0.5) is 16.3 Å². The Hall–Kier alpha value is -2.71. The molecule has 8 heteroatoms. The lowest BCUT2D eigenvalue weighted by Crippen LogP contribution is -2.45. The van der Waals surface area contributed by atoms with Gasteiger partial charge in [0.15, 0.2) is 5.82 Å². The first-order valence-electron chi connectivity index (χ1n) is 10.8. The van der Waals surface area contributed by atoms with Crippen LogP contribution < -0.4 is 20.9 Å². The van der Waals surface area contributed by atoms with Crippen molar-refractivity contribution in [3.63, 3.8) is 0 Å². The number of morpholine rings is 1. The number of amides is 2. The van der Waals surface area contributed by atoms with Crippen LogP contribution in [0.3, 0.4) is 0 Å². The van der Waals surface area contributed by atoms with Crippen molar-refractivity contribution in [1.82, 2.24) is 20.6 Å². The molecular weight excluding hydrogens is 380 g/mol. The number of hydrogen-bond donors (Lipinski definition) is 3.